The van der Waals surface area contributed by atoms with Crippen LogP contribution >= 0.6 is 11.3 Å². The molecular formula is C23H24N4O3S2. The Labute approximate surface area is 192 Å². The van der Waals surface area contributed by atoms with E-state index in [9.17, 15) is 13.7 Å². The van der Waals surface area contributed by atoms with Crippen molar-refractivity contribution in [3.63, 3.8) is 0 Å². The van der Waals surface area contributed by atoms with Crippen molar-refractivity contribution in [2.75, 3.05) is 0 Å². The van der Waals surface area contributed by atoms with Gasteiger partial charge in [-0.1, -0.05) is 18.2 Å². The monoisotopic (exact) mass is 468 g/mol. The van der Waals surface area contributed by atoms with Crippen LogP contribution in [-0.4, -0.2) is 19.5 Å². The summed E-state index contributed by atoms with van der Waals surface area (Å²) in [5.74, 6) is 0.563. The molecule has 1 aliphatic carbocycles. The Kier molecular flexibility index (Phi) is 6.31. The predicted molar refractivity (Wildman–Crippen MR) is 125 cm³/mol. The molecule has 1 aromatic heterocycles. The highest BCUT2D eigenvalue weighted by molar-refractivity contribution is 7.87. The van der Waals surface area contributed by atoms with Gasteiger partial charge in [-0.05, 0) is 68.0 Å². The fourth-order valence-electron chi connectivity index (χ4n) is 4.04. The summed E-state index contributed by atoms with van der Waals surface area (Å²) < 4.78 is 31.4. The first kappa shape index (κ1) is 22.4. The van der Waals surface area contributed by atoms with E-state index >= 15 is 0 Å². The van der Waals surface area contributed by atoms with Crippen molar-refractivity contribution in [3.05, 3.63) is 59.3 Å². The third-order valence-corrected chi connectivity index (χ3v) is 6.99. The van der Waals surface area contributed by atoms with E-state index in [0.29, 0.717) is 17.7 Å². The van der Waals surface area contributed by atoms with Crippen LogP contribution in [0.3, 0.4) is 0 Å². The Morgan fingerprint density at radius 2 is 2.12 bits per heavy atom. The normalized spacial score (nSPS) is 15.9. The lowest BCUT2D eigenvalue weighted by molar-refractivity contribution is 0.242. The number of aromatic nitrogens is 1. The number of rotatable bonds is 6. The van der Waals surface area contributed by atoms with E-state index in [0.717, 1.165) is 45.0 Å². The molecule has 1 aliphatic rings. The number of hydrogen-bond acceptors (Lipinski definition) is 6. The number of nitrogens with zero attached hydrogens (tertiary/aromatic N) is 2. The summed E-state index contributed by atoms with van der Waals surface area (Å²) in [5.41, 5.74) is 4.45. The minimum Gasteiger partial charge on any atom is -0.490 e. The molecule has 1 unspecified atom stereocenters. The summed E-state index contributed by atoms with van der Waals surface area (Å²) in [6.45, 7) is 3.84. The first-order chi connectivity index (χ1) is 15.2. The van der Waals surface area contributed by atoms with Gasteiger partial charge in [0.25, 0.3) is 10.2 Å². The molecule has 3 aromatic rings. The number of nitrogens with two attached hydrogens (primary N) is 1. The minimum atomic E-state index is -3.79. The SMILES string of the molecule is CC(C)Oc1ccc(-c2ncc(-c3cccc4c3CCCC4NS(N)(=O)=O)s2)cc1C#N. The molecule has 2 aromatic carbocycles. The molecule has 7 nitrogen and oxygen atoms in total. The van der Waals surface area contributed by atoms with Gasteiger partial charge in [-0.15, -0.1) is 11.3 Å². The van der Waals surface area contributed by atoms with Crippen LogP contribution in [0.25, 0.3) is 21.0 Å². The number of benzene rings is 2. The highest BCUT2D eigenvalue weighted by atomic mass is 32.2. The molecule has 3 N–H and O–H groups in total. The van der Waals surface area contributed by atoms with Gasteiger partial charge in [0.2, 0.25) is 0 Å². The molecule has 0 bridgehead atoms. The fourth-order valence-corrected chi connectivity index (χ4v) is 5.65. The van der Waals surface area contributed by atoms with Crippen LogP contribution in [0.4, 0.5) is 0 Å². The third-order valence-electron chi connectivity index (χ3n) is 5.29. The molecule has 4 rings (SSSR count). The largest absolute Gasteiger partial charge is 0.490 e. The molecular weight excluding hydrogens is 444 g/mol. The van der Waals surface area contributed by atoms with Crippen molar-refractivity contribution in [1.82, 2.24) is 9.71 Å². The Balaban J connectivity index is 1.68. The number of ether oxygens (including phenoxy) is 1. The molecule has 0 saturated heterocycles. The van der Waals surface area contributed by atoms with E-state index in [1.807, 2.05) is 50.4 Å². The van der Waals surface area contributed by atoms with E-state index in [2.05, 4.69) is 15.8 Å². The summed E-state index contributed by atoms with van der Waals surface area (Å²) in [5, 5.41) is 15.5. The zero-order valence-electron chi connectivity index (χ0n) is 17.8. The first-order valence-corrected chi connectivity index (χ1v) is 12.7. The number of thiazole rings is 1. The van der Waals surface area contributed by atoms with E-state index < -0.39 is 10.2 Å². The number of nitriles is 1. The van der Waals surface area contributed by atoms with Crippen molar-refractivity contribution in [3.8, 4) is 32.8 Å². The van der Waals surface area contributed by atoms with Crippen LogP contribution in [0.15, 0.2) is 42.6 Å². The van der Waals surface area contributed by atoms with Gasteiger partial charge in [0.15, 0.2) is 0 Å². The van der Waals surface area contributed by atoms with Crippen LogP contribution in [0.5, 0.6) is 5.75 Å². The Bertz CT molecular complexity index is 1290. The third kappa shape index (κ3) is 4.84. The van der Waals surface area contributed by atoms with E-state index in [4.69, 9.17) is 9.88 Å². The Hall–Kier alpha value is -2.77. The second-order valence-corrected chi connectivity index (χ2v) is 10.4. The van der Waals surface area contributed by atoms with Gasteiger partial charge in [-0.2, -0.15) is 18.4 Å². The van der Waals surface area contributed by atoms with Gasteiger partial charge >= 0.3 is 0 Å². The van der Waals surface area contributed by atoms with Gasteiger partial charge in [0.1, 0.15) is 16.8 Å². The molecule has 1 atom stereocenters. The van der Waals surface area contributed by atoms with Gasteiger partial charge in [0, 0.05) is 17.8 Å². The van der Waals surface area contributed by atoms with Crippen molar-refractivity contribution < 1.29 is 13.2 Å². The van der Waals surface area contributed by atoms with Crippen molar-refractivity contribution >= 4 is 21.5 Å². The van der Waals surface area contributed by atoms with Crippen LogP contribution in [-0.2, 0) is 16.6 Å². The fraction of sp³-hybridized carbons (Fsp3) is 0.304. The topological polar surface area (TPSA) is 118 Å². The van der Waals surface area contributed by atoms with Crippen molar-refractivity contribution in [2.24, 2.45) is 5.14 Å². The second-order valence-electron chi connectivity index (χ2n) is 8.00. The van der Waals surface area contributed by atoms with Gasteiger partial charge in [-0.3, -0.25) is 0 Å². The number of hydrogen-bond donors (Lipinski definition) is 2. The van der Waals surface area contributed by atoms with E-state index in [1.165, 1.54) is 0 Å². The molecule has 9 heteroatoms. The first-order valence-electron chi connectivity index (χ1n) is 10.3. The molecule has 0 fully saturated rings. The molecule has 32 heavy (non-hydrogen) atoms. The molecule has 0 amide bonds. The summed E-state index contributed by atoms with van der Waals surface area (Å²) in [4.78, 5) is 5.59. The van der Waals surface area contributed by atoms with E-state index in [-0.39, 0.29) is 12.1 Å². The average Bonchev–Trinajstić information content (AvgIpc) is 3.22. The maximum absolute atomic E-state index is 11.6. The smallest absolute Gasteiger partial charge is 0.274 e. The minimum absolute atomic E-state index is 0.0174. The lowest BCUT2D eigenvalue weighted by atomic mass is 9.85. The Morgan fingerprint density at radius 1 is 1.31 bits per heavy atom. The van der Waals surface area contributed by atoms with Gasteiger partial charge < -0.3 is 4.74 Å². The van der Waals surface area contributed by atoms with Crippen LogP contribution in [0, 0.1) is 11.3 Å². The van der Waals surface area contributed by atoms with Crippen LogP contribution in [0.1, 0.15) is 49.4 Å². The van der Waals surface area contributed by atoms with Crippen LogP contribution < -0.4 is 14.6 Å². The average molecular weight is 469 g/mol. The number of fused-ring (bicyclic) bond motifs is 1. The maximum atomic E-state index is 11.6. The molecule has 1 heterocycles. The predicted octanol–water partition coefficient (Wildman–Crippen LogP) is 4.31. The van der Waals surface area contributed by atoms with Crippen molar-refractivity contribution in [2.45, 2.75) is 45.3 Å². The lowest BCUT2D eigenvalue weighted by Crippen LogP contribution is -2.35. The van der Waals surface area contributed by atoms with Crippen LogP contribution in [0.2, 0.25) is 0 Å². The molecule has 0 aliphatic heterocycles. The highest BCUT2D eigenvalue weighted by Gasteiger charge is 2.25. The zero-order chi connectivity index (χ0) is 22.9. The molecule has 166 valence electrons. The van der Waals surface area contributed by atoms with E-state index in [1.54, 1.807) is 17.4 Å². The Morgan fingerprint density at radius 3 is 2.84 bits per heavy atom. The second kappa shape index (κ2) is 9.00. The summed E-state index contributed by atoms with van der Waals surface area (Å²) in [6.07, 6.45) is 4.25. The summed E-state index contributed by atoms with van der Waals surface area (Å²) in [6, 6.07) is 13.3. The molecule has 0 spiro atoms. The molecule has 0 saturated carbocycles. The van der Waals surface area contributed by atoms with Gasteiger partial charge in [0.05, 0.1) is 16.5 Å². The summed E-state index contributed by atoms with van der Waals surface area (Å²) >= 11 is 1.54. The summed E-state index contributed by atoms with van der Waals surface area (Å²) in [7, 11) is -3.79. The quantitative estimate of drug-likeness (QED) is 0.559. The number of nitrogens with one attached hydrogen (secondary N) is 1. The van der Waals surface area contributed by atoms with Crippen molar-refractivity contribution in [1.29, 1.82) is 5.26 Å². The highest BCUT2D eigenvalue weighted by Crippen LogP contribution is 2.40. The van der Waals surface area contributed by atoms with Gasteiger partial charge in [-0.25, -0.2) is 10.1 Å². The molecule has 0 radical (unpaired) electrons. The zero-order valence-corrected chi connectivity index (χ0v) is 19.5. The standard InChI is InChI=1S/C23H24N4O3S2/c1-14(2)30-21-10-9-15(11-16(21)12-24)23-26-13-22(31-23)19-7-3-6-18-17(19)5-4-8-20(18)27-32(25,28)29/h3,6-7,9-11,13-14,20,27H,4-5,8H2,1-2H3,(H2,25,28,29). The maximum Gasteiger partial charge on any atom is 0.274 e. The lowest BCUT2D eigenvalue weighted by Gasteiger charge is -2.27.